The van der Waals surface area contributed by atoms with E-state index in [2.05, 4.69) is 4.98 Å². The molecule has 2 bridgehead atoms. The summed E-state index contributed by atoms with van der Waals surface area (Å²) in [6.07, 6.45) is -4.23. The lowest BCUT2D eigenvalue weighted by molar-refractivity contribution is -0.154. The van der Waals surface area contributed by atoms with Crippen LogP contribution in [0.15, 0.2) is 48.7 Å². The predicted molar refractivity (Wildman–Crippen MR) is 99.2 cm³/mol. The number of benzene rings is 1. The molecule has 30 heavy (non-hydrogen) atoms. The fourth-order valence-electron chi connectivity index (χ4n) is 4.27. The van der Waals surface area contributed by atoms with E-state index >= 15 is 0 Å². The van der Waals surface area contributed by atoms with Crippen molar-refractivity contribution in [3.63, 3.8) is 0 Å². The lowest BCUT2D eigenvalue weighted by Gasteiger charge is -2.50. The molecule has 9 heteroatoms. The maximum Gasteiger partial charge on any atom is 0.418 e. The highest BCUT2D eigenvalue weighted by atomic mass is 19.4. The van der Waals surface area contributed by atoms with Gasteiger partial charge in [-0.1, -0.05) is 30.3 Å². The first-order valence-corrected chi connectivity index (χ1v) is 9.60. The Hall–Kier alpha value is -2.65. The quantitative estimate of drug-likeness (QED) is 0.820. The Morgan fingerprint density at radius 1 is 1.17 bits per heavy atom. The third-order valence-corrected chi connectivity index (χ3v) is 5.52. The first-order valence-electron chi connectivity index (χ1n) is 9.60. The van der Waals surface area contributed by atoms with Crippen LogP contribution in [-0.2, 0) is 27.9 Å². The smallest absolute Gasteiger partial charge is 0.418 e. The number of aliphatic hydroxyl groups is 1. The molecule has 1 N–H and O–H groups in total. The fourth-order valence-corrected chi connectivity index (χ4v) is 4.27. The van der Waals surface area contributed by atoms with Crippen molar-refractivity contribution < 1.29 is 32.5 Å². The minimum Gasteiger partial charge on any atom is -0.445 e. The largest absolute Gasteiger partial charge is 0.445 e. The molecule has 2 aliphatic heterocycles. The van der Waals surface area contributed by atoms with Gasteiger partial charge in [-0.05, 0) is 17.7 Å². The number of morpholine rings is 1. The molecule has 2 atom stereocenters. The van der Waals surface area contributed by atoms with Crippen molar-refractivity contribution in [2.45, 2.75) is 43.3 Å². The Labute approximate surface area is 171 Å². The number of carbonyl (C=O) groups excluding carboxylic acids is 1. The van der Waals surface area contributed by atoms with Crippen LogP contribution in [0.1, 0.15) is 29.7 Å². The minimum atomic E-state index is -4.64. The Bertz CT molecular complexity index is 893. The Balaban J connectivity index is 1.55. The number of halogens is 3. The highest BCUT2D eigenvalue weighted by Crippen LogP contribution is 2.44. The summed E-state index contributed by atoms with van der Waals surface area (Å²) in [7, 11) is 0. The van der Waals surface area contributed by atoms with Gasteiger partial charge in [-0.3, -0.25) is 9.88 Å². The number of carbonyl (C=O) groups is 1. The van der Waals surface area contributed by atoms with E-state index in [-0.39, 0.29) is 32.7 Å². The number of aromatic nitrogens is 1. The third kappa shape index (κ3) is 3.99. The number of ether oxygens (including phenoxy) is 2. The van der Waals surface area contributed by atoms with E-state index in [9.17, 15) is 23.1 Å². The molecule has 2 aliphatic rings. The summed E-state index contributed by atoms with van der Waals surface area (Å²) >= 11 is 0. The molecule has 2 saturated heterocycles. The highest BCUT2D eigenvalue weighted by Gasteiger charge is 2.52. The van der Waals surface area contributed by atoms with Crippen LogP contribution in [0.2, 0.25) is 0 Å². The molecule has 6 nitrogen and oxygen atoms in total. The lowest BCUT2D eigenvalue weighted by Crippen LogP contribution is -2.63. The van der Waals surface area contributed by atoms with Gasteiger partial charge >= 0.3 is 12.3 Å². The monoisotopic (exact) mass is 422 g/mol. The molecule has 0 saturated carbocycles. The van der Waals surface area contributed by atoms with Crippen molar-refractivity contribution in [1.82, 2.24) is 9.88 Å². The molecule has 4 rings (SSSR count). The van der Waals surface area contributed by atoms with Gasteiger partial charge in [0.15, 0.2) is 0 Å². The number of hydrogen-bond donors (Lipinski definition) is 1. The highest BCUT2D eigenvalue weighted by molar-refractivity contribution is 5.69. The second-order valence-corrected chi connectivity index (χ2v) is 7.63. The zero-order valence-electron chi connectivity index (χ0n) is 16.0. The van der Waals surface area contributed by atoms with E-state index < -0.39 is 41.2 Å². The molecule has 0 spiro atoms. The number of piperidine rings is 1. The standard InChI is InChI=1S/C21H21F3N2O4/c22-21(23,24)17-7-4-8-25-18(17)20(28)9-15-12-29-13-16(10-20)26(15)19(27)30-11-14-5-2-1-3-6-14/h1-8,15-16,28H,9-13H2. The van der Waals surface area contributed by atoms with E-state index in [0.29, 0.717) is 0 Å². The van der Waals surface area contributed by atoms with Crippen molar-refractivity contribution in [2.75, 3.05) is 13.2 Å². The van der Waals surface area contributed by atoms with Crippen molar-refractivity contribution >= 4 is 6.09 Å². The van der Waals surface area contributed by atoms with Gasteiger partial charge < -0.3 is 14.6 Å². The SMILES string of the molecule is O=C(OCc1ccccc1)N1C2COCC1CC(O)(c1ncccc1C(F)(F)F)C2. The van der Waals surface area contributed by atoms with Crippen LogP contribution in [0.25, 0.3) is 0 Å². The van der Waals surface area contributed by atoms with Gasteiger partial charge in [0.1, 0.15) is 12.2 Å². The number of amides is 1. The number of nitrogens with zero attached hydrogens (tertiary/aromatic N) is 2. The van der Waals surface area contributed by atoms with Crippen LogP contribution in [0.4, 0.5) is 18.0 Å². The summed E-state index contributed by atoms with van der Waals surface area (Å²) in [6, 6.07) is 10.0. The van der Waals surface area contributed by atoms with Crippen molar-refractivity contribution in [3.8, 4) is 0 Å². The van der Waals surface area contributed by atoms with E-state index in [1.807, 2.05) is 30.3 Å². The lowest BCUT2D eigenvalue weighted by atomic mass is 9.77. The molecular weight excluding hydrogens is 401 g/mol. The molecule has 2 fully saturated rings. The van der Waals surface area contributed by atoms with Crippen LogP contribution < -0.4 is 0 Å². The molecule has 1 amide bonds. The topological polar surface area (TPSA) is 71.9 Å². The summed E-state index contributed by atoms with van der Waals surface area (Å²) < 4.78 is 51.3. The second kappa shape index (κ2) is 7.88. The van der Waals surface area contributed by atoms with Gasteiger partial charge in [-0.25, -0.2) is 4.79 Å². The molecule has 160 valence electrons. The summed E-state index contributed by atoms with van der Waals surface area (Å²) in [5.41, 5.74) is -2.37. The maximum absolute atomic E-state index is 13.5. The minimum absolute atomic E-state index is 0.0825. The van der Waals surface area contributed by atoms with Crippen LogP contribution in [-0.4, -0.2) is 46.4 Å². The van der Waals surface area contributed by atoms with Gasteiger partial charge in [-0.2, -0.15) is 13.2 Å². The first kappa shape index (κ1) is 20.6. The molecule has 0 radical (unpaired) electrons. The third-order valence-electron chi connectivity index (χ3n) is 5.52. The van der Waals surface area contributed by atoms with E-state index in [1.165, 1.54) is 17.2 Å². The average molecular weight is 422 g/mol. The van der Waals surface area contributed by atoms with E-state index in [1.54, 1.807) is 0 Å². The molecule has 2 aromatic rings. The van der Waals surface area contributed by atoms with Gasteiger partial charge in [-0.15, -0.1) is 0 Å². The number of hydrogen-bond acceptors (Lipinski definition) is 5. The summed E-state index contributed by atoms with van der Waals surface area (Å²) in [4.78, 5) is 18.1. The van der Waals surface area contributed by atoms with Gasteiger partial charge in [0.2, 0.25) is 0 Å². The maximum atomic E-state index is 13.5. The zero-order chi connectivity index (χ0) is 21.4. The molecular formula is C21H21F3N2O4. The Kier molecular flexibility index (Phi) is 5.42. The van der Waals surface area contributed by atoms with E-state index in [0.717, 1.165) is 11.6 Å². The van der Waals surface area contributed by atoms with Crippen molar-refractivity contribution in [1.29, 1.82) is 0 Å². The normalized spacial score (nSPS) is 26.3. The van der Waals surface area contributed by atoms with Crippen LogP contribution >= 0.6 is 0 Å². The summed E-state index contributed by atoms with van der Waals surface area (Å²) in [5.74, 6) is 0. The molecule has 2 unspecified atom stereocenters. The van der Waals surface area contributed by atoms with Gasteiger partial charge in [0.05, 0.1) is 36.6 Å². The summed E-state index contributed by atoms with van der Waals surface area (Å²) in [5, 5.41) is 11.2. The predicted octanol–water partition coefficient (Wildman–Crippen LogP) is 3.49. The van der Waals surface area contributed by atoms with Gasteiger partial charge in [0, 0.05) is 19.0 Å². The molecule has 1 aromatic carbocycles. The van der Waals surface area contributed by atoms with Crippen molar-refractivity contribution in [3.05, 3.63) is 65.5 Å². The fraction of sp³-hybridized carbons (Fsp3) is 0.429. The van der Waals surface area contributed by atoms with Crippen LogP contribution in [0, 0.1) is 0 Å². The number of pyridine rings is 1. The number of rotatable bonds is 3. The molecule has 3 heterocycles. The second-order valence-electron chi connectivity index (χ2n) is 7.63. The Morgan fingerprint density at radius 3 is 2.47 bits per heavy atom. The number of alkyl halides is 3. The molecule has 1 aromatic heterocycles. The van der Waals surface area contributed by atoms with Crippen LogP contribution in [0.5, 0.6) is 0 Å². The average Bonchev–Trinajstić information content (AvgIpc) is 2.71. The first-order chi connectivity index (χ1) is 14.3. The summed E-state index contributed by atoms with van der Waals surface area (Å²) in [6.45, 7) is 0.292. The zero-order valence-corrected chi connectivity index (χ0v) is 16.0. The van der Waals surface area contributed by atoms with Gasteiger partial charge in [0.25, 0.3) is 0 Å². The Morgan fingerprint density at radius 2 is 1.83 bits per heavy atom. The van der Waals surface area contributed by atoms with Crippen molar-refractivity contribution in [2.24, 2.45) is 0 Å². The van der Waals surface area contributed by atoms with Crippen LogP contribution in [0.3, 0.4) is 0 Å². The molecule has 0 aliphatic carbocycles. The van der Waals surface area contributed by atoms with E-state index in [4.69, 9.17) is 9.47 Å². The number of fused-ring (bicyclic) bond motifs is 2.